The largest absolute Gasteiger partial charge is 0.422 e. The van der Waals surface area contributed by atoms with Crippen molar-refractivity contribution in [1.29, 1.82) is 0 Å². The summed E-state index contributed by atoms with van der Waals surface area (Å²) in [7, 11) is -3.69. The normalized spacial score (nSPS) is 13.0. The maximum Gasteiger partial charge on any atom is 0.347 e. The van der Waals surface area contributed by atoms with Crippen LogP contribution in [0.25, 0.3) is 11.0 Å². The van der Waals surface area contributed by atoms with Crippen LogP contribution in [0.1, 0.15) is 33.3 Å². The van der Waals surface area contributed by atoms with E-state index >= 15 is 0 Å². The summed E-state index contributed by atoms with van der Waals surface area (Å²) in [5.41, 5.74) is -0.0190. The van der Waals surface area contributed by atoms with Gasteiger partial charge in [0.2, 0.25) is 0 Å². The zero-order valence-electron chi connectivity index (χ0n) is 14.5. The lowest BCUT2D eigenvalue weighted by Crippen LogP contribution is -2.44. The Hall–Kier alpha value is -2.15. The fourth-order valence-electron chi connectivity index (χ4n) is 2.70. The van der Waals surface area contributed by atoms with Crippen molar-refractivity contribution in [3.63, 3.8) is 0 Å². The predicted molar refractivity (Wildman–Crippen MR) is 96.0 cm³/mol. The molecule has 1 aromatic heterocycles. The minimum atomic E-state index is -3.69. The van der Waals surface area contributed by atoms with E-state index in [1.165, 1.54) is 0 Å². The van der Waals surface area contributed by atoms with E-state index in [2.05, 4.69) is 4.40 Å². The third-order valence-electron chi connectivity index (χ3n) is 3.49. The van der Waals surface area contributed by atoms with Crippen molar-refractivity contribution in [2.45, 2.75) is 39.8 Å². The molecule has 0 fully saturated rings. The quantitative estimate of drug-likeness (QED) is 0.481. The van der Waals surface area contributed by atoms with E-state index < -0.39 is 15.6 Å². The van der Waals surface area contributed by atoms with Gasteiger partial charge >= 0.3 is 5.63 Å². The second-order valence-corrected chi connectivity index (χ2v) is 7.88. The number of benzene rings is 1. The third-order valence-corrected chi connectivity index (χ3v) is 4.00. The monoisotopic (exact) mass is 350 g/mol. The Morgan fingerprint density at radius 1 is 1.12 bits per heavy atom. The van der Waals surface area contributed by atoms with Crippen molar-refractivity contribution >= 4 is 26.8 Å². The molecule has 0 atom stereocenters. The highest BCUT2D eigenvalue weighted by Crippen LogP contribution is 2.17. The van der Waals surface area contributed by atoms with E-state index in [0.717, 1.165) is 6.26 Å². The van der Waals surface area contributed by atoms with Crippen LogP contribution in [-0.2, 0) is 10.0 Å². The summed E-state index contributed by atoms with van der Waals surface area (Å²) in [6, 6.07) is 8.62. The van der Waals surface area contributed by atoms with Gasteiger partial charge in [-0.2, -0.15) is 0 Å². The Morgan fingerprint density at radius 2 is 1.71 bits per heavy atom. The minimum Gasteiger partial charge on any atom is -0.422 e. The van der Waals surface area contributed by atoms with Gasteiger partial charge in [-0.05, 0) is 39.8 Å². The molecule has 0 spiro atoms. The standard InChI is InChI=1S/C17H22N2O4S/c1-11(2)19(12(3)4)16(18-24(5,21)22)14-10-13-8-6-7-9-15(13)23-17(14)20/h6-12H,1-5H3/b18-16+. The zero-order chi connectivity index (χ0) is 18.1. The van der Waals surface area contributed by atoms with Crippen molar-refractivity contribution in [3.8, 4) is 0 Å². The Labute approximate surface area is 141 Å². The first-order valence-corrected chi connectivity index (χ1v) is 9.56. The van der Waals surface area contributed by atoms with Crippen LogP contribution < -0.4 is 5.63 Å². The molecule has 0 aliphatic heterocycles. The van der Waals surface area contributed by atoms with Crippen molar-refractivity contribution in [2.75, 3.05) is 6.26 Å². The molecule has 0 radical (unpaired) electrons. The lowest BCUT2D eigenvalue weighted by molar-refractivity contribution is 0.292. The first kappa shape index (κ1) is 18.2. The Bertz CT molecular complexity index is 919. The molecular weight excluding hydrogens is 328 g/mol. The molecule has 6 nitrogen and oxygen atoms in total. The Balaban J connectivity index is 2.79. The van der Waals surface area contributed by atoms with Crippen LogP contribution >= 0.6 is 0 Å². The highest BCUT2D eigenvalue weighted by molar-refractivity contribution is 7.89. The van der Waals surface area contributed by atoms with E-state index in [1.54, 1.807) is 29.2 Å². The molecule has 0 aliphatic carbocycles. The van der Waals surface area contributed by atoms with Gasteiger partial charge in [0, 0.05) is 17.5 Å². The average Bonchev–Trinajstić information content (AvgIpc) is 2.43. The molecule has 0 N–H and O–H groups in total. The van der Waals surface area contributed by atoms with Gasteiger partial charge in [-0.25, -0.2) is 13.2 Å². The topological polar surface area (TPSA) is 80.0 Å². The molecule has 0 unspecified atom stereocenters. The van der Waals surface area contributed by atoms with Gasteiger partial charge in [-0.1, -0.05) is 18.2 Å². The second-order valence-electron chi connectivity index (χ2n) is 6.23. The van der Waals surface area contributed by atoms with Crippen molar-refractivity contribution in [3.05, 3.63) is 46.3 Å². The lowest BCUT2D eigenvalue weighted by Gasteiger charge is -2.33. The highest BCUT2D eigenvalue weighted by Gasteiger charge is 2.25. The fraction of sp³-hybridized carbons (Fsp3) is 0.412. The Kier molecular flexibility index (Phi) is 5.13. The van der Waals surface area contributed by atoms with Crippen LogP contribution in [0.3, 0.4) is 0 Å². The van der Waals surface area contributed by atoms with Crippen LogP contribution in [0.2, 0.25) is 0 Å². The van der Waals surface area contributed by atoms with Gasteiger partial charge in [-0.3, -0.25) is 0 Å². The van der Waals surface area contributed by atoms with Gasteiger partial charge in [0.05, 0.1) is 6.26 Å². The number of rotatable bonds is 4. The molecule has 2 rings (SSSR count). The van der Waals surface area contributed by atoms with Gasteiger partial charge < -0.3 is 9.32 Å². The van der Waals surface area contributed by atoms with Gasteiger partial charge in [0.25, 0.3) is 10.0 Å². The fourth-order valence-corrected chi connectivity index (χ4v) is 3.20. The van der Waals surface area contributed by atoms with Crippen molar-refractivity contribution in [1.82, 2.24) is 4.90 Å². The summed E-state index contributed by atoms with van der Waals surface area (Å²) in [5, 5.41) is 0.709. The summed E-state index contributed by atoms with van der Waals surface area (Å²) in [5.74, 6) is 0.113. The number of nitrogens with zero attached hydrogens (tertiary/aromatic N) is 2. The number of amidine groups is 1. The number of para-hydroxylation sites is 1. The molecule has 0 bridgehead atoms. The van der Waals surface area contributed by atoms with Crippen LogP contribution in [0.15, 0.2) is 43.9 Å². The maximum atomic E-state index is 12.4. The predicted octanol–water partition coefficient (Wildman–Crippen LogP) is 2.62. The number of hydrogen-bond donors (Lipinski definition) is 0. The van der Waals surface area contributed by atoms with Gasteiger partial charge in [0.1, 0.15) is 11.1 Å². The maximum absolute atomic E-state index is 12.4. The molecule has 130 valence electrons. The number of hydrogen-bond acceptors (Lipinski definition) is 4. The first-order valence-electron chi connectivity index (χ1n) is 7.71. The molecule has 2 aromatic rings. The van der Waals surface area contributed by atoms with E-state index in [9.17, 15) is 13.2 Å². The summed E-state index contributed by atoms with van der Waals surface area (Å²) < 4.78 is 32.8. The number of fused-ring (bicyclic) bond motifs is 1. The molecule has 7 heteroatoms. The van der Waals surface area contributed by atoms with Gasteiger partial charge in [0.15, 0.2) is 5.84 Å². The van der Waals surface area contributed by atoms with Crippen LogP contribution in [0.4, 0.5) is 0 Å². The third kappa shape index (κ3) is 4.03. The van der Waals surface area contributed by atoms with Crippen LogP contribution in [0.5, 0.6) is 0 Å². The summed E-state index contributed by atoms with van der Waals surface area (Å²) in [6.45, 7) is 7.67. The molecule has 24 heavy (non-hydrogen) atoms. The SMILES string of the molecule is CC(C)N(/C(=N/S(C)(=O)=O)c1cc2ccccc2oc1=O)C(C)C. The zero-order valence-corrected chi connectivity index (χ0v) is 15.3. The smallest absolute Gasteiger partial charge is 0.347 e. The van der Waals surface area contributed by atoms with Gasteiger partial charge in [-0.15, -0.1) is 4.40 Å². The van der Waals surface area contributed by atoms with Crippen LogP contribution in [0, 0.1) is 0 Å². The minimum absolute atomic E-state index is 0.0450. The molecule has 0 amide bonds. The van der Waals surface area contributed by atoms with E-state index in [4.69, 9.17) is 4.42 Å². The molecule has 1 heterocycles. The lowest BCUT2D eigenvalue weighted by atomic mass is 10.1. The highest BCUT2D eigenvalue weighted by atomic mass is 32.2. The van der Waals surface area contributed by atoms with E-state index in [1.807, 2.05) is 33.8 Å². The van der Waals surface area contributed by atoms with E-state index in [0.29, 0.717) is 11.0 Å². The van der Waals surface area contributed by atoms with Crippen LogP contribution in [-0.4, -0.2) is 37.5 Å². The summed E-state index contributed by atoms with van der Waals surface area (Å²) in [6.07, 6.45) is 1.01. The van der Waals surface area contributed by atoms with Crippen molar-refractivity contribution < 1.29 is 12.8 Å². The van der Waals surface area contributed by atoms with E-state index in [-0.39, 0.29) is 23.5 Å². The second kappa shape index (κ2) is 6.76. The molecule has 1 aromatic carbocycles. The van der Waals surface area contributed by atoms with Crippen molar-refractivity contribution in [2.24, 2.45) is 4.40 Å². The molecule has 0 saturated heterocycles. The number of sulfonamides is 1. The molecule has 0 saturated carbocycles. The average molecular weight is 350 g/mol. The molecule has 0 aliphatic rings. The first-order chi connectivity index (χ1) is 11.1. The summed E-state index contributed by atoms with van der Waals surface area (Å²) >= 11 is 0. The Morgan fingerprint density at radius 3 is 2.25 bits per heavy atom. The molecular formula is C17H22N2O4S. The summed E-state index contributed by atoms with van der Waals surface area (Å²) in [4.78, 5) is 14.2.